The Kier molecular flexibility index (Phi) is 31.2. The second kappa shape index (κ2) is 39.7. The Hall–Kier alpha value is -10.9. The molecule has 0 radical (unpaired) electrons. The number of guanidine groups is 1. The molecule has 10 atom stereocenters. The van der Waals surface area contributed by atoms with Crippen LogP contribution in [-0.2, 0) is 78.4 Å². The third-order valence-corrected chi connectivity index (χ3v) is 16.9. The Labute approximate surface area is 594 Å². The maximum absolute atomic E-state index is 14.9. The van der Waals surface area contributed by atoms with Crippen molar-refractivity contribution in [3.63, 3.8) is 0 Å². The molecule has 1 aliphatic rings. The molecule has 5 aromatic rings. The number of hydrogen-bond acceptors (Lipinski definition) is 16. The second-order valence-corrected chi connectivity index (χ2v) is 25.7. The highest BCUT2D eigenvalue weighted by Crippen LogP contribution is 2.22. The number of nitrogens with zero attached hydrogens (tertiary/aromatic N) is 3. The number of nitrogens with two attached hydrogens (primary N) is 3. The van der Waals surface area contributed by atoms with Crippen molar-refractivity contribution in [2.24, 2.45) is 28.1 Å². The first-order chi connectivity index (χ1) is 48.6. The Morgan fingerprint density at radius 1 is 0.578 bits per heavy atom. The van der Waals surface area contributed by atoms with Gasteiger partial charge in [-0.1, -0.05) is 98.2 Å². The SMILES string of the molecule is CC(=O)N[C@H](Cc1ccc2ccccc2c1)C(=O)N[C@H](Cc1ccc(Cl)cc1)C(=O)N[C@H](Cc1cccnc1)C(=O)N[C@@H](CO)C(=O)N[C@@H](Cc1ccc(O)cc1)C(=O)N[C@H](CCCNC(N)=O)C(=O)N[C@@H](CC(C)C)C(=O)N[C@@H](CCCN=C(N)N)C(=O)N1CCCC1C(=O)N[C@H](C)C(=O)O. The minimum Gasteiger partial charge on any atom is -0.508 e. The highest BCUT2D eigenvalue weighted by Gasteiger charge is 2.40. The summed E-state index contributed by atoms with van der Waals surface area (Å²) in [7, 11) is 0. The van der Waals surface area contributed by atoms with Crippen LogP contribution in [0.4, 0.5) is 4.79 Å². The first-order valence-electron chi connectivity index (χ1n) is 33.4. The van der Waals surface area contributed by atoms with Crippen LogP contribution in [0.25, 0.3) is 10.8 Å². The van der Waals surface area contributed by atoms with E-state index in [-0.39, 0.29) is 101 Å². The molecule has 4 aromatic carbocycles. The van der Waals surface area contributed by atoms with Crippen LogP contribution >= 0.6 is 11.6 Å². The van der Waals surface area contributed by atoms with E-state index in [0.29, 0.717) is 33.7 Å². The number of carboxylic acids is 1. The van der Waals surface area contributed by atoms with Crippen LogP contribution in [0, 0.1) is 5.92 Å². The molecule has 0 aliphatic carbocycles. The predicted octanol–water partition coefficient (Wildman–Crippen LogP) is -0.117. The van der Waals surface area contributed by atoms with Crippen LogP contribution in [0.3, 0.4) is 0 Å². The van der Waals surface area contributed by atoms with Gasteiger partial charge < -0.3 is 90.6 Å². The number of likely N-dealkylation sites (tertiary alicyclic amines) is 1. The molecule has 0 spiro atoms. The van der Waals surface area contributed by atoms with Crippen molar-refractivity contribution in [1.82, 2.24) is 63.1 Å². The average Bonchev–Trinajstić information content (AvgIpc) is 1.13. The maximum Gasteiger partial charge on any atom is 0.325 e. The lowest BCUT2D eigenvalue weighted by Gasteiger charge is -2.31. The first kappa shape index (κ1) is 80.0. The molecule has 2 heterocycles. The zero-order valence-corrected chi connectivity index (χ0v) is 57.9. The van der Waals surface area contributed by atoms with E-state index in [1.807, 2.05) is 42.5 Å². The van der Waals surface area contributed by atoms with Crippen LogP contribution in [0.1, 0.15) is 94.9 Å². The summed E-state index contributed by atoms with van der Waals surface area (Å²) in [5.41, 5.74) is 18.4. The molecular weight excluding hydrogens is 1340 g/mol. The van der Waals surface area contributed by atoms with Gasteiger partial charge in [0.15, 0.2) is 5.96 Å². The summed E-state index contributed by atoms with van der Waals surface area (Å²) in [6, 6.07) is 13.1. The monoisotopic (exact) mass is 1430 g/mol. The highest BCUT2D eigenvalue weighted by atomic mass is 35.5. The number of primary amides is 1. The molecule has 1 aromatic heterocycles. The normalized spacial score (nSPS) is 15.2. The van der Waals surface area contributed by atoms with Crippen LogP contribution < -0.4 is 70.4 Å². The summed E-state index contributed by atoms with van der Waals surface area (Å²) < 4.78 is 0. The Morgan fingerprint density at radius 2 is 1.08 bits per heavy atom. The number of aliphatic carboxylic acids is 1. The third-order valence-electron chi connectivity index (χ3n) is 16.6. The van der Waals surface area contributed by atoms with Gasteiger partial charge in [0.2, 0.25) is 59.1 Å². The van der Waals surface area contributed by atoms with Crippen molar-refractivity contribution in [3.8, 4) is 5.75 Å². The fourth-order valence-electron chi connectivity index (χ4n) is 11.4. The van der Waals surface area contributed by atoms with Crippen molar-refractivity contribution in [2.75, 3.05) is 26.2 Å². The van der Waals surface area contributed by atoms with Crippen molar-refractivity contribution in [3.05, 3.63) is 143 Å². The van der Waals surface area contributed by atoms with Gasteiger partial charge in [-0.15, -0.1) is 0 Å². The van der Waals surface area contributed by atoms with Gasteiger partial charge in [0.05, 0.1) is 6.61 Å². The van der Waals surface area contributed by atoms with Crippen LogP contribution in [-0.4, -0.2) is 189 Å². The number of halogens is 1. The van der Waals surface area contributed by atoms with Crippen molar-refractivity contribution in [2.45, 2.75) is 159 Å². The number of hydrogen-bond donors (Lipinski definition) is 16. The summed E-state index contributed by atoms with van der Waals surface area (Å²) >= 11 is 6.22. The fourth-order valence-corrected chi connectivity index (χ4v) is 11.5. The topological polar surface area (TPSA) is 492 Å². The van der Waals surface area contributed by atoms with E-state index in [2.05, 4.69) is 63.1 Å². The summed E-state index contributed by atoms with van der Waals surface area (Å²) in [5, 5.41) is 58.8. The standard InChI is InChI=1S/C70H91ClN16O15/c1-39(2)31-52(60(92)81-51(15-9-28-76-69(72)73)67(99)87-30-10-16-58(87)66(98)78-40(3)68(100)101)82-59(91)50(14-8-29-77-70(74)102)80-62(94)54(34-43-20-25-49(90)26-21-43)85-65(97)57(38-88)86-64(96)56(36-45-11-7-27-75-37-45)84-63(95)55(33-42-18-23-48(71)24-19-42)83-61(93)53(79-41(4)89)35-44-17-22-46-12-5-6-13-47(46)32-44/h5-7,11-13,17-27,32,37,39-40,50-58,88,90H,8-10,14-16,28-31,33-36,38H2,1-4H3,(H,78,98)(H,79,89)(H,80,94)(H,81,92)(H,82,91)(H,83,93)(H,84,95)(H,85,97)(H,86,96)(H,100,101)(H4,72,73,76)(H3,74,77,102)/t40-,50-,51+,52+,53-,54+,55-,56-,57+,58?/m1/s1. The van der Waals surface area contributed by atoms with E-state index >= 15 is 0 Å². The van der Waals surface area contributed by atoms with Crippen molar-refractivity contribution in [1.29, 1.82) is 0 Å². The summed E-state index contributed by atoms with van der Waals surface area (Å²) in [6.45, 7) is 4.95. The van der Waals surface area contributed by atoms with Gasteiger partial charge in [0, 0.05) is 69.7 Å². The van der Waals surface area contributed by atoms with Gasteiger partial charge in [-0.25, -0.2) is 4.79 Å². The zero-order chi connectivity index (χ0) is 74.6. The molecule has 1 fully saturated rings. The zero-order valence-electron chi connectivity index (χ0n) is 57.1. The first-order valence-corrected chi connectivity index (χ1v) is 33.8. The lowest BCUT2D eigenvalue weighted by atomic mass is 9.99. The van der Waals surface area contributed by atoms with E-state index in [1.165, 1.54) is 55.4 Å². The molecule has 0 saturated carbocycles. The number of fused-ring (bicyclic) bond motifs is 1. The van der Waals surface area contributed by atoms with Gasteiger partial charge in [0.1, 0.15) is 66.2 Å². The van der Waals surface area contributed by atoms with Crippen LogP contribution in [0.5, 0.6) is 5.75 Å². The molecule has 548 valence electrons. The number of carbonyl (C=O) groups is 12. The molecule has 1 aliphatic heterocycles. The molecular formula is C70H91ClN16O15. The molecule has 102 heavy (non-hydrogen) atoms. The van der Waals surface area contributed by atoms with E-state index in [0.717, 1.165) is 10.8 Å². The number of aliphatic imine (C=N–C) groups is 1. The number of urea groups is 1. The summed E-state index contributed by atoms with van der Waals surface area (Å²) in [6.07, 6.45) is 2.55. The number of phenolic OH excluding ortho intramolecular Hbond substituents is 1. The molecule has 19 N–H and O–H groups in total. The number of carbonyl (C=O) groups excluding carboxylic acids is 11. The molecule has 0 bridgehead atoms. The number of phenols is 1. The number of rotatable bonds is 38. The molecule has 1 saturated heterocycles. The second-order valence-electron chi connectivity index (χ2n) is 25.3. The lowest BCUT2D eigenvalue weighted by Crippen LogP contribution is -2.61. The smallest absolute Gasteiger partial charge is 0.325 e. The number of aliphatic hydroxyl groups is 1. The minimum absolute atomic E-state index is 0.00713. The largest absolute Gasteiger partial charge is 0.508 e. The van der Waals surface area contributed by atoms with Crippen LogP contribution in [0.15, 0.2) is 121 Å². The van der Waals surface area contributed by atoms with E-state index < -0.39 is 138 Å². The number of carboxylic acid groups (broad SMARTS) is 1. The summed E-state index contributed by atoms with van der Waals surface area (Å²) in [4.78, 5) is 176. The van der Waals surface area contributed by atoms with Gasteiger partial charge in [0.25, 0.3) is 0 Å². The molecule has 1 unspecified atom stereocenters. The maximum atomic E-state index is 14.9. The number of aliphatic hydroxyl groups excluding tert-OH is 1. The Morgan fingerprint density at radius 3 is 1.64 bits per heavy atom. The highest BCUT2D eigenvalue weighted by molar-refractivity contribution is 6.30. The minimum atomic E-state index is -1.86. The number of pyridine rings is 1. The number of nitrogens with one attached hydrogen (secondary N) is 10. The fraction of sp³-hybridized carbons (Fsp3) is 0.429. The van der Waals surface area contributed by atoms with Crippen molar-refractivity contribution < 1.29 is 72.9 Å². The molecule has 32 heteroatoms. The third kappa shape index (κ3) is 26.0. The van der Waals surface area contributed by atoms with Gasteiger partial charge >= 0.3 is 12.0 Å². The van der Waals surface area contributed by atoms with E-state index in [1.54, 1.807) is 50.2 Å². The molecule has 6 rings (SSSR count). The van der Waals surface area contributed by atoms with Crippen LogP contribution in [0.2, 0.25) is 5.02 Å². The number of aromatic hydroxyl groups is 1. The lowest BCUT2D eigenvalue weighted by molar-refractivity contribution is -0.144. The number of benzene rings is 4. The summed E-state index contributed by atoms with van der Waals surface area (Å²) in [5.74, 6) is -10.5. The Balaban J connectivity index is 1.26. The van der Waals surface area contributed by atoms with E-state index in [4.69, 9.17) is 28.8 Å². The van der Waals surface area contributed by atoms with E-state index in [9.17, 15) is 72.9 Å². The van der Waals surface area contributed by atoms with Gasteiger partial charge in [-0.2, -0.15) is 0 Å². The van der Waals surface area contributed by atoms with Crippen molar-refractivity contribution >= 4 is 99.4 Å². The predicted molar refractivity (Wildman–Crippen MR) is 377 cm³/mol. The average molecular weight is 1430 g/mol. The van der Waals surface area contributed by atoms with Gasteiger partial charge in [-0.3, -0.25) is 62.7 Å². The quantitative estimate of drug-likeness (QED) is 0.0139. The molecule has 31 nitrogen and oxygen atoms in total. The molecule has 12 amide bonds. The Bertz CT molecular complexity index is 3770. The number of aromatic nitrogens is 1. The van der Waals surface area contributed by atoms with Gasteiger partial charge in [-0.05, 0) is 121 Å². The number of amides is 12.